The van der Waals surface area contributed by atoms with Gasteiger partial charge in [-0.3, -0.25) is 19.3 Å². The number of carbonyl (C=O) groups excluding carboxylic acids is 3. The van der Waals surface area contributed by atoms with Gasteiger partial charge in [0.05, 0.1) is 55.7 Å². The average molecular weight is 882 g/mol. The van der Waals surface area contributed by atoms with Crippen LogP contribution in [-0.4, -0.2) is 90.5 Å². The van der Waals surface area contributed by atoms with Crippen LogP contribution in [0.5, 0.6) is 5.75 Å². The Labute approximate surface area is 369 Å². The highest BCUT2D eigenvalue weighted by Crippen LogP contribution is 2.60. The molecule has 0 aliphatic carbocycles. The second-order valence-corrected chi connectivity index (χ2v) is 22.1. The normalized spacial score (nSPS) is 24.4. The van der Waals surface area contributed by atoms with E-state index in [-0.39, 0.29) is 43.9 Å². The smallest absolute Gasteiger partial charge is 0.264 e. The fourth-order valence-electron chi connectivity index (χ4n) is 10.4. The molecule has 328 valence electrons. The van der Waals surface area contributed by atoms with Crippen molar-refractivity contribution in [1.29, 1.82) is 0 Å². The monoisotopic (exact) mass is 880 g/mol. The van der Waals surface area contributed by atoms with Crippen LogP contribution in [0.1, 0.15) is 60.9 Å². The molecule has 6 atom stereocenters. The number of ether oxygens (including phenoxy) is 2. The highest BCUT2D eigenvalue weighted by Gasteiger charge is 2.66. The summed E-state index contributed by atoms with van der Waals surface area (Å²) in [5.41, 5.74) is 4.48. The number of nitrogens with zero attached hydrogens (tertiary/aromatic N) is 3. The molecule has 4 heterocycles. The SMILES string of the molecule is CCOc1ccc2c(c1)CC(NCCCCO)C(=O)N2c1cccc(CN2C(=O)[C@]3(O[C@H](CC(=O)N4Cc5ccccc5C[C@H]4CO)[C@@H]([Si](C)(C)O)[C@@H]3C)c3cc(Cl)ccc32)c1. The molecule has 1 unspecified atom stereocenters. The minimum atomic E-state index is -3.10. The van der Waals surface area contributed by atoms with Gasteiger partial charge in [-0.25, -0.2) is 0 Å². The van der Waals surface area contributed by atoms with Crippen molar-refractivity contribution in [3.8, 4) is 5.75 Å². The van der Waals surface area contributed by atoms with Gasteiger partial charge in [-0.15, -0.1) is 0 Å². The molecule has 3 amide bonds. The zero-order valence-corrected chi connectivity index (χ0v) is 37.6. The maximum atomic E-state index is 15.3. The van der Waals surface area contributed by atoms with Crippen LogP contribution in [0.25, 0.3) is 0 Å². The van der Waals surface area contributed by atoms with Crippen LogP contribution in [0, 0.1) is 5.92 Å². The number of hydrogen-bond donors (Lipinski definition) is 4. The van der Waals surface area contributed by atoms with Gasteiger partial charge in [0, 0.05) is 40.9 Å². The van der Waals surface area contributed by atoms with Crippen molar-refractivity contribution in [2.75, 3.05) is 36.2 Å². The number of anilines is 3. The van der Waals surface area contributed by atoms with Gasteiger partial charge in [0.25, 0.3) is 5.91 Å². The largest absolute Gasteiger partial charge is 0.494 e. The van der Waals surface area contributed by atoms with Crippen molar-refractivity contribution >= 4 is 54.7 Å². The number of benzene rings is 4. The summed E-state index contributed by atoms with van der Waals surface area (Å²) in [5, 5.41) is 23.6. The summed E-state index contributed by atoms with van der Waals surface area (Å²) in [7, 11) is -3.10. The van der Waals surface area contributed by atoms with Gasteiger partial charge in [-0.2, -0.15) is 0 Å². The van der Waals surface area contributed by atoms with Crippen LogP contribution in [0.3, 0.4) is 0 Å². The van der Waals surface area contributed by atoms with Crippen LogP contribution in [-0.2, 0) is 50.7 Å². The molecule has 0 aromatic heterocycles. The fourth-order valence-corrected chi connectivity index (χ4v) is 13.2. The first-order chi connectivity index (χ1) is 29.8. The van der Waals surface area contributed by atoms with E-state index >= 15 is 4.79 Å². The number of aliphatic hydroxyl groups is 2. The summed E-state index contributed by atoms with van der Waals surface area (Å²) in [6.45, 7) is 9.03. The molecule has 0 radical (unpaired) electrons. The van der Waals surface area contributed by atoms with Crippen molar-refractivity contribution in [3.05, 3.63) is 118 Å². The molecule has 62 heavy (non-hydrogen) atoms. The summed E-state index contributed by atoms with van der Waals surface area (Å²) in [6, 6.07) is 25.8. The minimum Gasteiger partial charge on any atom is -0.494 e. The van der Waals surface area contributed by atoms with E-state index in [9.17, 15) is 24.6 Å². The maximum absolute atomic E-state index is 15.3. The third kappa shape index (κ3) is 8.08. The van der Waals surface area contributed by atoms with Crippen molar-refractivity contribution in [1.82, 2.24) is 10.2 Å². The molecule has 1 spiro atoms. The number of rotatable bonds is 14. The lowest BCUT2D eigenvalue weighted by Crippen LogP contribution is -2.49. The van der Waals surface area contributed by atoms with Crippen LogP contribution >= 0.6 is 11.6 Å². The maximum Gasteiger partial charge on any atom is 0.264 e. The lowest BCUT2D eigenvalue weighted by atomic mass is 9.82. The van der Waals surface area contributed by atoms with E-state index in [1.807, 2.05) is 99.7 Å². The predicted molar refractivity (Wildman–Crippen MR) is 241 cm³/mol. The Bertz CT molecular complexity index is 2340. The molecular weight excluding hydrogens is 824 g/mol. The van der Waals surface area contributed by atoms with Crippen molar-refractivity contribution in [2.45, 2.75) is 101 Å². The lowest BCUT2D eigenvalue weighted by molar-refractivity contribution is -0.151. The zero-order chi connectivity index (χ0) is 43.9. The number of carbonyl (C=O) groups is 3. The molecule has 0 bridgehead atoms. The van der Waals surface area contributed by atoms with E-state index in [0.717, 1.165) is 40.1 Å². The Hall–Kier alpha value is -4.60. The molecule has 4 aromatic rings. The van der Waals surface area contributed by atoms with Gasteiger partial charge >= 0.3 is 0 Å². The minimum absolute atomic E-state index is 0.0632. The quantitative estimate of drug-likeness (QED) is 0.0837. The molecule has 8 rings (SSSR count). The van der Waals surface area contributed by atoms with Crippen LogP contribution < -0.4 is 19.9 Å². The zero-order valence-electron chi connectivity index (χ0n) is 35.9. The second-order valence-electron chi connectivity index (χ2n) is 17.7. The molecule has 1 saturated heterocycles. The molecule has 4 aliphatic rings. The van der Waals surface area contributed by atoms with Crippen LogP contribution in [0.2, 0.25) is 23.7 Å². The molecule has 0 saturated carbocycles. The Morgan fingerprint density at radius 1 is 0.952 bits per heavy atom. The van der Waals surface area contributed by atoms with Crippen molar-refractivity contribution < 1.29 is 38.9 Å². The fraction of sp³-hybridized carbons (Fsp3) is 0.438. The Morgan fingerprint density at radius 2 is 1.73 bits per heavy atom. The number of fused-ring (bicyclic) bond motifs is 4. The van der Waals surface area contributed by atoms with Crippen LogP contribution in [0.15, 0.2) is 84.9 Å². The average Bonchev–Trinajstić information content (AvgIpc) is 3.67. The summed E-state index contributed by atoms with van der Waals surface area (Å²) in [4.78, 5) is 61.0. The van der Waals surface area contributed by atoms with Crippen LogP contribution in [0.4, 0.5) is 17.1 Å². The van der Waals surface area contributed by atoms with E-state index in [0.29, 0.717) is 60.9 Å². The molecule has 14 heteroatoms. The molecule has 1 fully saturated rings. The van der Waals surface area contributed by atoms with Gasteiger partial charge in [0.15, 0.2) is 13.9 Å². The van der Waals surface area contributed by atoms with Gasteiger partial charge < -0.3 is 39.6 Å². The summed E-state index contributed by atoms with van der Waals surface area (Å²) in [6.07, 6.45) is 1.55. The summed E-state index contributed by atoms with van der Waals surface area (Å²) < 4.78 is 12.8. The van der Waals surface area contributed by atoms with Crippen molar-refractivity contribution in [3.63, 3.8) is 0 Å². The van der Waals surface area contributed by atoms with Gasteiger partial charge in [0.2, 0.25) is 11.8 Å². The Balaban J connectivity index is 1.10. The molecular formula is C48H57ClN4O8Si. The number of hydrogen-bond acceptors (Lipinski definition) is 9. The highest BCUT2D eigenvalue weighted by molar-refractivity contribution is 6.71. The third-order valence-corrected chi connectivity index (χ3v) is 16.0. The highest BCUT2D eigenvalue weighted by atomic mass is 35.5. The predicted octanol–water partition coefficient (Wildman–Crippen LogP) is 6.37. The van der Waals surface area contributed by atoms with Gasteiger partial charge in [0.1, 0.15) is 5.75 Å². The second kappa shape index (κ2) is 17.9. The standard InChI is InChI=1S/C48H57ClN4O8Si/c1-5-60-38-16-18-41-34(23-38)24-40(50-19-8-9-20-54)46(57)53(41)36-14-10-11-31(21-36)27-52-42-17-15-35(49)25-39(42)48(47(52)58)30(2)45(62(3,4)59)43(61-48)26-44(56)51-28-33-13-7-6-12-32(33)22-37(51)29-55/h6-7,10-18,21,23,25,30,37,40,43,45,50,54-55,59H,5,8-9,19-20,22,24,26-29H2,1-4H3/t30-,37-,40?,43+,45-,48+/m0/s1. The first kappa shape index (κ1) is 44.0. The first-order valence-electron chi connectivity index (χ1n) is 21.8. The topological polar surface area (TPSA) is 152 Å². The Kier molecular flexibility index (Phi) is 12.7. The number of nitrogens with one attached hydrogen (secondary N) is 1. The summed E-state index contributed by atoms with van der Waals surface area (Å²) >= 11 is 6.69. The van der Waals surface area contributed by atoms with Crippen molar-refractivity contribution in [2.24, 2.45) is 5.92 Å². The van der Waals surface area contributed by atoms with E-state index in [1.165, 1.54) is 0 Å². The first-order valence-corrected chi connectivity index (χ1v) is 25.2. The van der Waals surface area contributed by atoms with Gasteiger partial charge in [-0.05, 0) is 123 Å². The number of unbranched alkanes of at least 4 members (excludes halogenated alkanes) is 1. The summed E-state index contributed by atoms with van der Waals surface area (Å²) in [5.74, 6) is -0.402. The van der Waals surface area contributed by atoms with E-state index < -0.39 is 43.6 Å². The third-order valence-electron chi connectivity index (χ3n) is 13.2. The number of amides is 3. The molecule has 12 nitrogen and oxygen atoms in total. The number of halogens is 1. The van der Waals surface area contributed by atoms with E-state index in [2.05, 4.69) is 5.32 Å². The molecule has 4 N–H and O–H groups in total. The van der Waals surface area contributed by atoms with E-state index in [1.54, 1.807) is 26.8 Å². The molecule has 4 aliphatic heterocycles. The van der Waals surface area contributed by atoms with Gasteiger partial charge in [-0.1, -0.05) is 54.9 Å². The number of aliphatic hydroxyl groups excluding tert-OH is 2. The molecule has 4 aromatic carbocycles. The Morgan fingerprint density at radius 3 is 2.47 bits per heavy atom. The lowest BCUT2D eigenvalue weighted by Gasteiger charge is -2.37. The van der Waals surface area contributed by atoms with E-state index in [4.69, 9.17) is 21.1 Å².